The van der Waals surface area contributed by atoms with Crippen LogP contribution >= 0.6 is 0 Å². The van der Waals surface area contributed by atoms with E-state index in [1.807, 2.05) is 0 Å². The summed E-state index contributed by atoms with van der Waals surface area (Å²) >= 11 is 0. The standard InChI is InChI=1S/C20H30/c1-14-6-4-7-15-9-10-16-17-8-5-12-19(17,2)13-11-18(16)20(14,15)3/h6-7,16-18H,4-5,8-13H2,1-3H3/t16-,17-,18-,19-,20-/m0/s1. The van der Waals surface area contributed by atoms with Gasteiger partial charge < -0.3 is 0 Å². The SMILES string of the molecule is CC1=CCC=C2CC[C@H]3[C@@H]4CCC[C@@]4(C)CC[C@@H]3[C@@]12C. The fourth-order valence-corrected chi connectivity index (χ4v) is 6.67. The van der Waals surface area contributed by atoms with Crippen LogP contribution in [0.25, 0.3) is 0 Å². The van der Waals surface area contributed by atoms with Gasteiger partial charge in [0.05, 0.1) is 0 Å². The molecule has 0 unspecified atom stereocenters. The quantitative estimate of drug-likeness (QED) is 0.481. The van der Waals surface area contributed by atoms with Gasteiger partial charge in [0.1, 0.15) is 0 Å². The molecule has 5 atom stereocenters. The lowest BCUT2D eigenvalue weighted by atomic mass is 9.47. The first-order valence-corrected chi connectivity index (χ1v) is 8.92. The first kappa shape index (κ1) is 13.2. The smallest absolute Gasteiger partial charge is 0.0121 e. The molecule has 0 amide bonds. The van der Waals surface area contributed by atoms with Crippen molar-refractivity contribution >= 4 is 0 Å². The normalized spacial score (nSPS) is 50.6. The maximum absolute atomic E-state index is 2.61. The molecule has 0 radical (unpaired) electrons. The zero-order valence-corrected chi connectivity index (χ0v) is 13.5. The molecule has 3 saturated carbocycles. The molecule has 0 aromatic carbocycles. The number of hydrogen-bond acceptors (Lipinski definition) is 0. The minimum Gasteiger partial charge on any atom is -0.0809 e. The van der Waals surface area contributed by atoms with Gasteiger partial charge in [-0.1, -0.05) is 43.6 Å². The molecule has 110 valence electrons. The molecular formula is C20H30. The first-order chi connectivity index (χ1) is 9.56. The highest BCUT2D eigenvalue weighted by Gasteiger charge is 2.56. The average molecular weight is 270 g/mol. The Hall–Kier alpha value is -0.520. The van der Waals surface area contributed by atoms with Gasteiger partial charge in [-0.2, -0.15) is 0 Å². The fourth-order valence-electron chi connectivity index (χ4n) is 6.67. The highest BCUT2D eigenvalue weighted by atomic mass is 14.6. The summed E-state index contributed by atoms with van der Waals surface area (Å²) in [5.41, 5.74) is 4.60. The van der Waals surface area contributed by atoms with E-state index in [1.165, 1.54) is 51.4 Å². The van der Waals surface area contributed by atoms with Crippen molar-refractivity contribution in [1.29, 1.82) is 0 Å². The highest BCUT2D eigenvalue weighted by Crippen LogP contribution is 2.65. The summed E-state index contributed by atoms with van der Waals surface area (Å²) in [4.78, 5) is 0. The first-order valence-electron chi connectivity index (χ1n) is 8.92. The van der Waals surface area contributed by atoms with E-state index in [9.17, 15) is 0 Å². The maximum Gasteiger partial charge on any atom is 0.0121 e. The number of rotatable bonds is 0. The van der Waals surface area contributed by atoms with Crippen LogP contribution in [0.2, 0.25) is 0 Å². The summed E-state index contributed by atoms with van der Waals surface area (Å²) in [6.07, 6.45) is 16.6. The largest absolute Gasteiger partial charge is 0.0809 e. The highest BCUT2D eigenvalue weighted by molar-refractivity contribution is 5.36. The van der Waals surface area contributed by atoms with E-state index in [2.05, 4.69) is 32.9 Å². The van der Waals surface area contributed by atoms with Gasteiger partial charge in [0.25, 0.3) is 0 Å². The molecule has 4 aliphatic rings. The molecule has 20 heavy (non-hydrogen) atoms. The lowest BCUT2D eigenvalue weighted by Crippen LogP contribution is -2.49. The molecule has 0 saturated heterocycles. The third-order valence-corrected chi connectivity index (χ3v) is 7.98. The molecular weight excluding hydrogens is 240 g/mol. The van der Waals surface area contributed by atoms with Crippen LogP contribution in [0.15, 0.2) is 23.3 Å². The van der Waals surface area contributed by atoms with Crippen molar-refractivity contribution in [3.05, 3.63) is 23.3 Å². The number of allylic oxidation sites excluding steroid dienone is 4. The second kappa shape index (κ2) is 4.24. The molecule has 0 heteroatoms. The molecule has 0 aromatic heterocycles. The molecule has 4 aliphatic carbocycles. The van der Waals surface area contributed by atoms with E-state index < -0.39 is 0 Å². The molecule has 0 aromatic rings. The van der Waals surface area contributed by atoms with Crippen molar-refractivity contribution in [2.45, 2.75) is 72.1 Å². The van der Waals surface area contributed by atoms with Crippen LogP contribution in [0.1, 0.15) is 72.1 Å². The van der Waals surface area contributed by atoms with Crippen LogP contribution in [0.5, 0.6) is 0 Å². The number of hydrogen-bond donors (Lipinski definition) is 0. The van der Waals surface area contributed by atoms with Crippen LogP contribution in [0, 0.1) is 28.6 Å². The van der Waals surface area contributed by atoms with Crippen molar-refractivity contribution < 1.29 is 0 Å². The van der Waals surface area contributed by atoms with E-state index in [0.29, 0.717) is 10.8 Å². The lowest BCUT2D eigenvalue weighted by Gasteiger charge is -2.57. The van der Waals surface area contributed by atoms with Crippen molar-refractivity contribution in [2.24, 2.45) is 28.6 Å². The van der Waals surface area contributed by atoms with Gasteiger partial charge in [-0.15, -0.1) is 0 Å². The van der Waals surface area contributed by atoms with Crippen molar-refractivity contribution in [1.82, 2.24) is 0 Å². The van der Waals surface area contributed by atoms with E-state index in [-0.39, 0.29) is 0 Å². The molecule has 0 aliphatic heterocycles. The second-order valence-corrected chi connectivity index (χ2v) is 8.56. The van der Waals surface area contributed by atoms with Crippen molar-refractivity contribution in [3.8, 4) is 0 Å². The topological polar surface area (TPSA) is 0 Å². The Labute approximate surface area is 124 Å². The Morgan fingerprint density at radius 1 is 1.00 bits per heavy atom. The Kier molecular flexibility index (Phi) is 2.79. The summed E-state index contributed by atoms with van der Waals surface area (Å²) < 4.78 is 0. The minimum atomic E-state index is 0.422. The lowest BCUT2D eigenvalue weighted by molar-refractivity contribution is -0.0189. The molecule has 0 heterocycles. The zero-order valence-electron chi connectivity index (χ0n) is 13.5. The van der Waals surface area contributed by atoms with Gasteiger partial charge in [-0.25, -0.2) is 0 Å². The minimum absolute atomic E-state index is 0.422. The molecule has 3 fully saturated rings. The van der Waals surface area contributed by atoms with Crippen LogP contribution < -0.4 is 0 Å². The van der Waals surface area contributed by atoms with Crippen LogP contribution in [-0.4, -0.2) is 0 Å². The summed E-state index contributed by atoms with van der Waals surface area (Å²) in [6, 6.07) is 0. The van der Waals surface area contributed by atoms with Gasteiger partial charge in [0, 0.05) is 5.41 Å². The van der Waals surface area contributed by atoms with E-state index in [4.69, 9.17) is 0 Å². The number of fused-ring (bicyclic) bond motifs is 5. The average Bonchev–Trinajstić information content (AvgIpc) is 2.82. The Balaban J connectivity index is 1.73. The summed E-state index contributed by atoms with van der Waals surface area (Å²) in [5, 5.41) is 0. The monoisotopic (exact) mass is 270 g/mol. The summed E-state index contributed by atoms with van der Waals surface area (Å²) in [5.74, 6) is 2.99. The predicted molar refractivity (Wildman–Crippen MR) is 85.5 cm³/mol. The molecule has 4 rings (SSSR count). The third kappa shape index (κ3) is 1.54. The molecule has 0 spiro atoms. The molecule has 0 N–H and O–H groups in total. The van der Waals surface area contributed by atoms with E-state index in [0.717, 1.165) is 17.8 Å². The Morgan fingerprint density at radius 3 is 2.70 bits per heavy atom. The van der Waals surface area contributed by atoms with Crippen molar-refractivity contribution in [3.63, 3.8) is 0 Å². The van der Waals surface area contributed by atoms with Crippen LogP contribution in [-0.2, 0) is 0 Å². The van der Waals surface area contributed by atoms with E-state index >= 15 is 0 Å². The van der Waals surface area contributed by atoms with E-state index in [1.54, 1.807) is 11.1 Å². The van der Waals surface area contributed by atoms with Gasteiger partial charge >= 0.3 is 0 Å². The van der Waals surface area contributed by atoms with Crippen LogP contribution in [0.3, 0.4) is 0 Å². The third-order valence-electron chi connectivity index (χ3n) is 7.98. The van der Waals surface area contributed by atoms with Gasteiger partial charge in [0.2, 0.25) is 0 Å². The van der Waals surface area contributed by atoms with Crippen LogP contribution in [0.4, 0.5) is 0 Å². The fraction of sp³-hybridized carbons (Fsp3) is 0.800. The Bertz CT molecular complexity index is 482. The van der Waals surface area contributed by atoms with Gasteiger partial charge in [-0.3, -0.25) is 0 Å². The summed E-state index contributed by atoms with van der Waals surface area (Å²) in [7, 11) is 0. The van der Waals surface area contributed by atoms with Crippen molar-refractivity contribution in [2.75, 3.05) is 0 Å². The van der Waals surface area contributed by atoms with Gasteiger partial charge in [0.15, 0.2) is 0 Å². The molecule has 0 bridgehead atoms. The summed E-state index contributed by atoms with van der Waals surface area (Å²) in [6.45, 7) is 7.61. The maximum atomic E-state index is 2.61. The van der Waals surface area contributed by atoms with Gasteiger partial charge in [-0.05, 0) is 75.0 Å². The predicted octanol–water partition coefficient (Wildman–Crippen LogP) is 5.90. The molecule has 0 nitrogen and oxygen atoms in total. The zero-order chi connectivity index (χ0) is 14.0. The second-order valence-electron chi connectivity index (χ2n) is 8.56. The Morgan fingerprint density at radius 2 is 1.85 bits per heavy atom.